The summed E-state index contributed by atoms with van der Waals surface area (Å²) in [5.74, 6) is -0.281. The first kappa shape index (κ1) is 18.4. The van der Waals surface area contributed by atoms with Crippen molar-refractivity contribution in [3.63, 3.8) is 0 Å². The number of nitrogens with zero attached hydrogens (tertiary/aromatic N) is 2. The highest BCUT2D eigenvalue weighted by Gasteiger charge is 2.24. The van der Waals surface area contributed by atoms with Gasteiger partial charge in [0, 0.05) is 34.9 Å². The molecule has 1 aliphatic rings. The zero-order valence-corrected chi connectivity index (χ0v) is 16.7. The number of aromatic nitrogens is 1. The Hall–Kier alpha value is -2.99. The highest BCUT2D eigenvalue weighted by Crippen LogP contribution is 2.27. The Kier molecular flexibility index (Phi) is 4.96. The van der Waals surface area contributed by atoms with Crippen molar-refractivity contribution < 1.29 is 9.59 Å². The summed E-state index contributed by atoms with van der Waals surface area (Å²) >= 11 is 1.75. The first-order chi connectivity index (χ1) is 13.5. The second-order valence-corrected chi connectivity index (χ2v) is 7.94. The monoisotopic (exact) mass is 391 g/mol. The molecule has 0 bridgehead atoms. The molecule has 2 amide bonds. The maximum Gasteiger partial charge on any atom is 0.274 e. The summed E-state index contributed by atoms with van der Waals surface area (Å²) in [5, 5.41) is 4.98. The molecule has 142 valence electrons. The summed E-state index contributed by atoms with van der Waals surface area (Å²) < 4.78 is 0. The first-order valence-electron chi connectivity index (χ1n) is 9.22. The van der Waals surface area contributed by atoms with Gasteiger partial charge in [-0.05, 0) is 67.1 Å². The molecule has 0 saturated carbocycles. The van der Waals surface area contributed by atoms with Crippen LogP contribution in [0, 0.1) is 13.8 Å². The molecular weight excluding hydrogens is 370 g/mol. The molecule has 0 atom stereocenters. The molecule has 0 radical (unpaired) electrons. The van der Waals surface area contributed by atoms with Crippen molar-refractivity contribution >= 4 is 28.8 Å². The summed E-state index contributed by atoms with van der Waals surface area (Å²) in [6, 6.07) is 12.9. The van der Waals surface area contributed by atoms with Crippen molar-refractivity contribution in [1.29, 1.82) is 0 Å². The van der Waals surface area contributed by atoms with Gasteiger partial charge in [-0.15, -0.1) is 11.3 Å². The van der Waals surface area contributed by atoms with Crippen LogP contribution in [0.2, 0.25) is 0 Å². The van der Waals surface area contributed by atoms with Gasteiger partial charge in [0.15, 0.2) is 0 Å². The van der Waals surface area contributed by atoms with Crippen LogP contribution in [0.5, 0.6) is 0 Å². The Bertz CT molecular complexity index is 1060. The number of amides is 2. The van der Waals surface area contributed by atoms with Crippen molar-refractivity contribution in [2.75, 3.05) is 11.9 Å². The zero-order chi connectivity index (χ0) is 19.7. The molecular formula is C22H21N3O2S. The molecule has 0 fully saturated rings. The predicted octanol–water partition coefficient (Wildman–Crippen LogP) is 4.21. The molecule has 0 aliphatic carbocycles. The molecule has 0 spiro atoms. The standard InChI is InChI=1S/C22H21N3O2S/c1-14-5-3-8-19(23-14)21(26)24-18-7-4-6-17(15(18)2)22(27)25-11-9-20-16(13-25)10-12-28-20/h3-8,10,12H,9,11,13H2,1-2H3,(H,24,26). The van der Waals surface area contributed by atoms with Gasteiger partial charge in [0.05, 0.1) is 0 Å². The molecule has 1 aliphatic heterocycles. The fourth-order valence-corrected chi connectivity index (χ4v) is 4.34. The molecule has 1 aromatic carbocycles. The fraction of sp³-hybridized carbons (Fsp3) is 0.227. The van der Waals surface area contributed by atoms with Crippen molar-refractivity contribution in [1.82, 2.24) is 9.88 Å². The van der Waals surface area contributed by atoms with Crippen LogP contribution in [-0.4, -0.2) is 28.2 Å². The third kappa shape index (κ3) is 3.55. The number of anilines is 1. The minimum atomic E-state index is -0.280. The van der Waals surface area contributed by atoms with Crippen molar-refractivity contribution in [2.45, 2.75) is 26.8 Å². The molecule has 0 saturated heterocycles. The summed E-state index contributed by atoms with van der Waals surface area (Å²) in [6.45, 7) is 5.07. The van der Waals surface area contributed by atoms with E-state index in [-0.39, 0.29) is 11.8 Å². The predicted molar refractivity (Wildman–Crippen MR) is 111 cm³/mol. The van der Waals surface area contributed by atoms with Crippen LogP contribution in [-0.2, 0) is 13.0 Å². The lowest BCUT2D eigenvalue weighted by molar-refractivity contribution is 0.0735. The van der Waals surface area contributed by atoms with Gasteiger partial charge < -0.3 is 10.2 Å². The van der Waals surface area contributed by atoms with E-state index in [1.807, 2.05) is 36.9 Å². The molecule has 2 aromatic heterocycles. The van der Waals surface area contributed by atoms with E-state index in [1.165, 1.54) is 10.4 Å². The lowest BCUT2D eigenvalue weighted by Crippen LogP contribution is -2.35. The minimum absolute atomic E-state index is 0.000806. The number of aryl methyl sites for hydroxylation is 1. The van der Waals surface area contributed by atoms with Crippen LogP contribution in [0.1, 0.15) is 42.5 Å². The smallest absolute Gasteiger partial charge is 0.274 e. The number of carbonyl (C=O) groups excluding carboxylic acids is 2. The third-order valence-corrected chi connectivity index (χ3v) is 6.05. The molecule has 3 aromatic rings. The number of hydrogen-bond donors (Lipinski definition) is 1. The number of fused-ring (bicyclic) bond motifs is 1. The Morgan fingerprint density at radius 1 is 1.11 bits per heavy atom. The van der Waals surface area contributed by atoms with Crippen molar-refractivity contribution in [3.8, 4) is 0 Å². The van der Waals surface area contributed by atoms with E-state index in [9.17, 15) is 9.59 Å². The molecule has 0 unspecified atom stereocenters. The van der Waals surface area contributed by atoms with Crippen LogP contribution in [0.15, 0.2) is 47.8 Å². The van der Waals surface area contributed by atoms with Crippen LogP contribution in [0.3, 0.4) is 0 Å². The van der Waals surface area contributed by atoms with E-state index in [0.29, 0.717) is 23.5 Å². The van der Waals surface area contributed by atoms with Crippen LogP contribution < -0.4 is 5.32 Å². The highest BCUT2D eigenvalue weighted by atomic mass is 32.1. The van der Waals surface area contributed by atoms with E-state index in [0.717, 1.165) is 24.2 Å². The van der Waals surface area contributed by atoms with Crippen LogP contribution >= 0.6 is 11.3 Å². The van der Waals surface area contributed by atoms with Gasteiger partial charge in [0.25, 0.3) is 11.8 Å². The zero-order valence-electron chi connectivity index (χ0n) is 15.9. The molecule has 28 heavy (non-hydrogen) atoms. The van der Waals surface area contributed by atoms with Gasteiger partial charge in [0.1, 0.15) is 5.69 Å². The summed E-state index contributed by atoms with van der Waals surface area (Å²) in [7, 11) is 0. The number of benzene rings is 1. The molecule has 3 heterocycles. The third-order valence-electron chi connectivity index (χ3n) is 5.03. The van der Waals surface area contributed by atoms with E-state index in [2.05, 4.69) is 21.7 Å². The Balaban J connectivity index is 1.55. The minimum Gasteiger partial charge on any atom is -0.334 e. The summed E-state index contributed by atoms with van der Waals surface area (Å²) in [5.41, 5.74) is 4.39. The topological polar surface area (TPSA) is 62.3 Å². The van der Waals surface area contributed by atoms with Gasteiger partial charge in [-0.25, -0.2) is 4.98 Å². The first-order valence-corrected chi connectivity index (χ1v) is 10.1. The van der Waals surface area contributed by atoms with E-state index >= 15 is 0 Å². The van der Waals surface area contributed by atoms with Crippen molar-refractivity contribution in [3.05, 3.63) is 80.8 Å². The molecule has 1 N–H and O–H groups in total. The van der Waals surface area contributed by atoms with Gasteiger partial charge in [-0.1, -0.05) is 12.1 Å². The Morgan fingerprint density at radius 2 is 1.93 bits per heavy atom. The van der Waals surface area contributed by atoms with E-state index < -0.39 is 0 Å². The number of nitrogens with one attached hydrogen (secondary N) is 1. The number of thiophene rings is 1. The van der Waals surface area contributed by atoms with Gasteiger partial charge >= 0.3 is 0 Å². The van der Waals surface area contributed by atoms with Gasteiger partial charge in [-0.3, -0.25) is 9.59 Å². The molecule has 4 rings (SSSR count). The summed E-state index contributed by atoms with van der Waals surface area (Å²) in [4.78, 5) is 33.2. The van der Waals surface area contributed by atoms with Crippen molar-refractivity contribution in [2.24, 2.45) is 0 Å². The normalized spacial score (nSPS) is 13.1. The Morgan fingerprint density at radius 3 is 2.75 bits per heavy atom. The van der Waals surface area contributed by atoms with Gasteiger partial charge in [0.2, 0.25) is 0 Å². The maximum atomic E-state index is 13.1. The Labute approximate surface area is 168 Å². The highest BCUT2D eigenvalue weighted by molar-refractivity contribution is 7.10. The van der Waals surface area contributed by atoms with Gasteiger partial charge in [-0.2, -0.15) is 0 Å². The average molecular weight is 391 g/mol. The fourth-order valence-electron chi connectivity index (χ4n) is 3.45. The summed E-state index contributed by atoms with van der Waals surface area (Å²) in [6.07, 6.45) is 0.896. The number of carbonyl (C=O) groups is 2. The quantitative estimate of drug-likeness (QED) is 0.727. The average Bonchev–Trinajstić information content (AvgIpc) is 3.17. The number of pyridine rings is 1. The van der Waals surface area contributed by atoms with E-state index in [4.69, 9.17) is 0 Å². The SMILES string of the molecule is Cc1cccc(C(=O)Nc2cccc(C(=O)N3CCc4sccc4C3)c2C)n1. The lowest BCUT2D eigenvalue weighted by atomic mass is 10.0. The number of hydrogen-bond acceptors (Lipinski definition) is 4. The van der Waals surface area contributed by atoms with E-state index in [1.54, 1.807) is 29.5 Å². The van der Waals surface area contributed by atoms with Crippen LogP contribution in [0.25, 0.3) is 0 Å². The lowest BCUT2D eigenvalue weighted by Gasteiger charge is -2.28. The number of rotatable bonds is 3. The largest absolute Gasteiger partial charge is 0.334 e. The van der Waals surface area contributed by atoms with Crippen LogP contribution in [0.4, 0.5) is 5.69 Å². The maximum absolute atomic E-state index is 13.1. The molecule has 6 heteroatoms. The molecule has 5 nitrogen and oxygen atoms in total. The second-order valence-electron chi connectivity index (χ2n) is 6.94. The second kappa shape index (κ2) is 7.56.